The number of methoxy groups -OCH3 is 1. The molecule has 0 saturated carbocycles. The smallest absolute Gasteiger partial charge is 0.161 e. The maximum absolute atomic E-state index is 6.01. The molecule has 1 aromatic carbocycles. The summed E-state index contributed by atoms with van der Waals surface area (Å²) in [4.78, 5) is 0. The Morgan fingerprint density at radius 1 is 1.35 bits per heavy atom. The Balaban J connectivity index is 2.26. The predicted octanol–water partition coefficient (Wildman–Crippen LogP) is 1.53. The van der Waals surface area contributed by atoms with Crippen LogP contribution in [0, 0.1) is 0 Å². The molecule has 1 fully saturated rings. The van der Waals surface area contributed by atoms with Gasteiger partial charge in [0.05, 0.1) is 26.9 Å². The zero-order chi connectivity index (χ0) is 12.3. The second-order valence-electron chi connectivity index (χ2n) is 4.15. The van der Waals surface area contributed by atoms with Crippen molar-refractivity contribution in [3.05, 3.63) is 23.8 Å². The quantitative estimate of drug-likeness (QED) is 0.863. The molecule has 0 aromatic heterocycles. The molecule has 0 radical (unpaired) electrons. The van der Waals surface area contributed by atoms with Gasteiger partial charge in [-0.15, -0.1) is 0 Å². The van der Waals surface area contributed by atoms with Crippen LogP contribution in [-0.2, 0) is 4.74 Å². The largest absolute Gasteiger partial charge is 0.493 e. The topological polar surface area (TPSA) is 53.7 Å². The van der Waals surface area contributed by atoms with Crippen molar-refractivity contribution in [2.45, 2.75) is 18.9 Å². The molecule has 1 aromatic rings. The maximum atomic E-state index is 6.01. The van der Waals surface area contributed by atoms with Crippen molar-refractivity contribution in [1.29, 1.82) is 0 Å². The van der Waals surface area contributed by atoms with Crippen LogP contribution in [0.5, 0.6) is 11.5 Å². The molecular formula is C13H19NO3. The first-order chi connectivity index (χ1) is 8.26. The average molecular weight is 237 g/mol. The summed E-state index contributed by atoms with van der Waals surface area (Å²) in [6.07, 6.45) is 0. The summed E-state index contributed by atoms with van der Waals surface area (Å²) in [6.45, 7) is 3.88. The zero-order valence-electron chi connectivity index (χ0n) is 10.3. The van der Waals surface area contributed by atoms with E-state index in [0.717, 1.165) is 17.1 Å². The summed E-state index contributed by atoms with van der Waals surface area (Å²) in [7, 11) is 1.64. The third kappa shape index (κ3) is 2.53. The van der Waals surface area contributed by atoms with Crippen LogP contribution >= 0.6 is 0 Å². The van der Waals surface area contributed by atoms with E-state index in [1.807, 2.05) is 25.1 Å². The normalized spacial score (nSPS) is 23.7. The lowest BCUT2D eigenvalue weighted by molar-refractivity contribution is 0.191. The minimum atomic E-state index is 0.0675. The Labute approximate surface area is 102 Å². The van der Waals surface area contributed by atoms with Crippen LogP contribution < -0.4 is 15.2 Å². The Morgan fingerprint density at radius 2 is 2.18 bits per heavy atom. The van der Waals surface area contributed by atoms with Crippen LogP contribution in [-0.4, -0.2) is 33.0 Å². The van der Waals surface area contributed by atoms with Gasteiger partial charge in [0.25, 0.3) is 0 Å². The van der Waals surface area contributed by atoms with Gasteiger partial charge in [-0.2, -0.15) is 0 Å². The Kier molecular flexibility index (Phi) is 3.86. The number of benzene rings is 1. The van der Waals surface area contributed by atoms with Gasteiger partial charge in [0.15, 0.2) is 11.5 Å². The summed E-state index contributed by atoms with van der Waals surface area (Å²) >= 11 is 0. The van der Waals surface area contributed by atoms with Gasteiger partial charge in [0.1, 0.15) is 0 Å². The summed E-state index contributed by atoms with van der Waals surface area (Å²) < 4.78 is 16.2. The van der Waals surface area contributed by atoms with Crippen LogP contribution in [0.15, 0.2) is 18.2 Å². The number of rotatable bonds is 4. The first-order valence-corrected chi connectivity index (χ1v) is 5.90. The van der Waals surface area contributed by atoms with Gasteiger partial charge >= 0.3 is 0 Å². The molecule has 1 aliphatic rings. The van der Waals surface area contributed by atoms with Crippen LogP contribution in [0.3, 0.4) is 0 Å². The number of ether oxygens (including phenoxy) is 3. The molecule has 4 heteroatoms. The molecule has 1 aliphatic heterocycles. The lowest BCUT2D eigenvalue weighted by atomic mass is 9.95. The van der Waals surface area contributed by atoms with Gasteiger partial charge < -0.3 is 19.9 Å². The highest BCUT2D eigenvalue weighted by molar-refractivity contribution is 5.44. The molecule has 2 atom stereocenters. The van der Waals surface area contributed by atoms with E-state index < -0.39 is 0 Å². The monoisotopic (exact) mass is 237 g/mol. The number of hydrogen-bond acceptors (Lipinski definition) is 4. The lowest BCUT2D eigenvalue weighted by Gasteiger charge is -2.16. The molecule has 0 bridgehead atoms. The molecule has 2 N–H and O–H groups in total. The molecule has 0 amide bonds. The first kappa shape index (κ1) is 12.2. The predicted molar refractivity (Wildman–Crippen MR) is 65.7 cm³/mol. The minimum absolute atomic E-state index is 0.0675. The molecule has 94 valence electrons. The highest BCUT2D eigenvalue weighted by atomic mass is 16.5. The highest BCUT2D eigenvalue weighted by Crippen LogP contribution is 2.33. The van der Waals surface area contributed by atoms with E-state index in [9.17, 15) is 0 Å². The van der Waals surface area contributed by atoms with E-state index in [0.29, 0.717) is 19.8 Å². The van der Waals surface area contributed by atoms with Crippen LogP contribution in [0.25, 0.3) is 0 Å². The van der Waals surface area contributed by atoms with Gasteiger partial charge in [-0.25, -0.2) is 0 Å². The third-order valence-corrected chi connectivity index (χ3v) is 3.04. The van der Waals surface area contributed by atoms with Crippen molar-refractivity contribution in [2.24, 2.45) is 5.73 Å². The van der Waals surface area contributed by atoms with E-state index in [-0.39, 0.29) is 12.0 Å². The van der Waals surface area contributed by atoms with E-state index in [1.54, 1.807) is 7.11 Å². The fourth-order valence-corrected chi connectivity index (χ4v) is 2.11. The minimum Gasteiger partial charge on any atom is -0.493 e. The average Bonchev–Trinajstić information content (AvgIpc) is 2.76. The van der Waals surface area contributed by atoms with Gasteiger partial charge in [-0.3, -0.25) is 0 Å². The zero-order valence-corrected chi connectivity index (χ0v) is 10.3. The van der Waals surface area contributed by atoms with Crippen molar-refractivity contribution in [3.63, 3.8) is 0 Å². The van der Waals surface area contributed by atoms with Crippen molar-refractivity contribution in [1.82, 2.24) is 0 Å². The number of hydrogen-bond donors (Lipinski definition) is 1. The van der Waals surface area contributed by atoms with Crippen molar-refractivity contribution < 1.29 is 14.2 Å². The summed E-state index contributed by atoms with van der Waals surface area (Å²) in [5.74, 6) is 1.77. The van der Waals surface area contributed by atoms with E-state index in [2.05, 4.69) is 0 Å². The molecule has 1 heterocycles. The van der Waals surface area contributed by atoms with Crippen LogP contribution in [0.1, 0.15) is 18.4 Å². The standard InChI is InChI=1S/C13H19NO3/c1-3-17-13-6-9(4-5-12(13)15-2)10-7-16-8-11(10)14/h4-6,10-11H,3,7-8,14H2,1-2H3/t10-,11-/m1/s1. The van der Waals surface area contributed by atoms with Crippen molar-refractivity contribution >= 4 is 0 Å². The fraction of sp³-hybridized carbons (Fsp3) is 0.538. The summed E-state index contributed by atoms with van der Waals surface area (Å²) in [6, 6.07) is 6.02. The highest BCUT2D eigenvalue weighted by Gasteiger charge is 2.27. The van der Waals surface area contributed by atoms with Gasteiger partial charge in [-0.1, -0.05) is 6.07 Å². The third-order valence-electron chi connectivity index (χ3n) is 3.04. The molecule has 0 spiro atoms. The molecular weight excluding hydrogens is 218 g/mol. The van der Waals surface area contributed by atoms with Crippen molar-refractivity contribution in [3.8, 4) is 11.5 Å². The van der Waals surface area contributed by atoms with E-state index >= 15 is 0 Å². The molecule has 0 unspecified atom stereocenters. The fourth-order valence-electron chi connectivity index (χ4n) is 2.11. The van der Waals surface area contributed by atoms with Gasteiger partial charge in [0.2, 0.25) is 0 Å². The Bertz CT molecular complexity index is 381. The van der Waals surface area contributed by atoms with E-state index in [1.165, 1.54) is 0 Å². The summed E-state index contributed by atoms with van der Waals surface area (Å²) in [5, 5.41) is 0. The Morgan fingerprint density at radius 3 is 2.76 bits per heavy atom. The lowest BCUT2D eigenvalue weighted by Crippen LogP contribution is -2.26. The second kappa shape index (κ2) is 5.38. The first-order valence-electron chi connectivity index (χ1n) is 5.90. The van der Waals surface area contributed by atoms with Crippen LogP contribution in [0.2, 0.25) is 0 Å². The Hall–Kier alpha value is -1.26. The molecule has 2 rings (SSSR count). The molecule has 4 nitrogen and oxygen atoms in total. The van der Waals surface area contributed by atoms with Gasteiger partial charge in [0, 0.05) is 12.0 Å². The molecule has 17 heavy (non-hydrogen) atoms. The molecule has 0 aliphatic carbocycles. The van der Waals surface area contributed by atoms with E-state index in [4.69, 9.17) is 19.9 Å². The second-order valence-corrected chi connectivity index (χ2v) is 4.15. The maximum Gasteiger partial charge on any atom is 0.161 e. The van der Waals surface area contributed by atoms with Crippen LogP contribution in [0.4, 0.5) is 0 Å². The SMILES string of the molecule is CCOc1cc([C@H]2COC[C@H]2N)ccc1OC. The summed E-state index contributed by atoms with van der Waals surface area (Å²) in [5.41, 5.74) is 7.16. The number of nitrogens with two attached hydrogens (primary N) is 1. The van der Waals surface area contributed by atoms with Gasteiger partial charge in [-0.05, 0) is 24.6 Å². The molecule has 1 saturated heterocycles. The van der Waals surface area contributed by atoms with Crippen molar-refractivity contribution in [2.75, 3.05) is 26.9 Å².